The van der Waals surface area contributed by atoms with E-state index >= 15 is 0 Å². The Balaban J connectivity index is 1.45. The van der Waals surface area contributed by atoms with E-state index in [0.717, 1.165) is 39.1 Å². The molecule has 0 fully saturated rings. The molecule has 9 nitrogen and oxygen atoms in total. The average Bonchev–Trinajstić information content (AvgIpc) is 3.06. The third-order valence-electron chi connectivity index (χ3n) is 8.81. The van der Waals surface area contributed by atoms with Crippen LogP contribution in [-0.2, 0) is 25.7 Å². The number of phenolic OH excluding ortho intramolecular Hbond substituents is 1. The van der Waals surface area contributed by atoms with Gasteiger partial charge < -0.3 is 38.8 Å². The van der Waals surface area contributed by atoms with Crippen molar-refractivity contribution in [3.8, 4) is 51.7 Å². The molecule has 2 N–H and O–H groups in total. The van der Waals surface area contributed by atoms with Crippen LogP contribution in [0.25, 0.3) is 0 Å². The van der Waals surface area contributed by atoms with Crippen molar-refractivity contribution in [3.63, 3.8) is 0 Å². The second kappa shape index (κ2) is 11.9. The molecule has 4 heterocycles. The van der Waals surface area contributed by atoms with Crippen molar-refractivity contribution in [2.24, 2.45) is 4.99 Å². The van der Waals surface area contributed by atoms with E-state index in [1.165, 1.54) is 0 Å². The summed E-state index contributed by atoms with van der Waals surface area (Å²) in [5.41, 5.74) is 6.75. The van der Waals surface area contributed by atoms with E-state index < -0.39 is 0 Å². The molecular formula is C36H36N2O7. The summed E-state index contributed by atoms with van der Waals surface area (Å²) < 4.78 is 36.2. The first-order valence-electron chi connectivity index (χ1n) is 15.1. The van der Waals surface area contributed by atoms with Crippen LogP contribution < -0.4 is 33.7 Å². The van der Waals surface area contributed by atoms with Crippen LogP contribution >= 0.6 is 0 Å². The van der Waals surface area contributed by atoms with Crippen molar-refractivity contribution in [2.45, 2.75) is 31.7 Å². The number of nitrogens with zero attached hydrogens (tertiary/aromatic N) is 1. The minimum atomic E-state index is -0.102. The van der Waals surface area contributed by atoms with Crippen LogP contribution in [0.15, 0.2) is 59.6 Å². The van der Waals surface area contributed by atoms with Gasteiger partial charge in [-0.25, -0.2) is 0 Å². The minimum absolute atomic E-state index is 0.0839. The summed E-state index contributed by atoms with van der Waals surface area (Å²) >= 11 is 0. The number of methoxy groups -OCH3 is 4. The molecule has 0 saturated carbocycles. The molecule has 0 unspecified atom stereocenters. The number of phenols is 1. The van der Waals surface area contributed by atoms with Crippen LogP contribution in [0.4, 0.5) is 0 Å². The lowest BCUT2D eigenvalue weighted by atomic mass is 9.89. The molecule has 0 saturated heterocycles. The van der Waals surface area contributed by atoms with E-state index in [2.05, 4.69) is 17.4 Å². The first kappa shape index (κ1) is 28.9. The van der Waals surface area contributed by atoms with Crippen LogP contribution in [0.2, 0.25) is 0 Å². The standard InChI is InChI=1S/C36H36N2O7/c1-40-29-10-7-21-16-28-25-19-32(35(42-3)33(39)23(25)11-13-37-28)45-34-24-12-14-38-27(26(24)18-31(41-2)36(34)43-4)15-20-5-8-22(9-6-20)44-30(29)17-21/h5-10,17-19,28,37,39H,11-16H2,1-4H3/t28-/m0/s1. The number of rotatable bonds is 4. The Morgan fingerprint density at radius 1 is 0.778 bits per heavy atom. The number of hydrogen-bond acceptors (Lipinski definition) is 9. The number of hydrogen-bond donors (Lipinski definition) is 2. The van der Waals surface area contributed by atoms with Gasteiger partial charge >= 0.3 is 0 Å². The Bertz CT molecular complexity index is 1800. The molecule has 4 aromatic rings. The summed E-state index contributed by atoms with van der Waals surface area (Å²) in [6, 6.07) is 17.9. The van der Waals surface area contributed by atoms with Gasteiger partial charge in [-0.15, -0.1) is 0 Å². The Morgan fingerprint density at radius 3 is 2.31 bits per heavy atom. The van der Waals surface area contributed by atoms with Gasteiger partial charge in [0.25, 0.3) is 0 Å². The maximum atomic E-state index is 11.5. The first-order valence-corrected chi connectivity index (χ1v) is 15.1. The van der Waals surface area contributed by atoms with Crippen molar-refractivity contribution in [2.75, 3.05) is 41.5 Å². The maximum absolute atomic E-state index is 11.5. The molecule has 4 aliphatic heterocycles. The zero-order chi connectivity index (χ0) is 31.1. The molecule has 9 heteroatoms. The molecule has 0 amide bonds. The van der Waals surface area contributed by atoms with Crippen molar-refractivity contribution in [3.05, 3.63) is 88.0 Å². The summed E-state index contributed by atoms with van der Waals surface area (Å²) in [6.07, 6.45) is 2.56. The van der Waals surface area contributed by atoms with Gasteiger partial charge in [0.1, 0.15) is 5.75 Å². The van der Waals surface area contributed by atoms with Gasteiger partial charge in [-0.3, -0.25) is 4.99 Å². The molecule has 8 rings (SSSR count). The topological polar surface area (TPSA) is 100 Å². The molecule has 0 spiro atoms. The lowest BCUT2D eigenvalue weighted by Gasteiger charge is -2.30. The molecule has 1 atom stereocenters. The Kier molecular flexibility index (Phi) is 7.63. The number of aliphatic imine (C=N–C) groups is 1. The summed E-state index contributed by atoms with van der Waals surface area (Å²) in [7, 11) is 6.40. The third-order valence-corrected chi connectivity index (χ3v) is 8.81. The zero-order valence-corrected chi connectivity index (χ0v) is 25.9. The zero-order valence-electron chi connectivity index (χ0n) is 25.9. The maximum Gasteiger partial charge on any atom is 0.204 e. The number of benzene rings is 4. The summed E-state index contributed by atoms with van der Waals surface area (Å²) in [4.78, 5) is 4.92. The number of ether oxygens (including phenoxy) is 6. The largest absolute Gasteiger partial charge is 0.504 e. The van der Waals surface area contributed by atoms with Crippen molar-refractivity contribution in [1.82, 2.24) is 5.32 Å². The van der Waals surface area contributed by atoms with Crippen LogP contribution in [0, 0.1) is 0 Å². The monoisotopic (exact) mass is 608 g/mol. The van der Waals surface area contributed by atoms with Crippen molar-refractivity contribution >= 4 is 5.71 Å². The highest BCUT2D eigenvalue weighted by Crippen LogP contribution is 2.51. The fourth-order valence-corrected chi connectivity index (χ4v) is 6.62. The van der Waals surface area contributed by atoms with E-state index in [9.17, 15) is 5.11 Å². The quantitative estimate of drug-likeness (QED) is 0.277. The predicted octanol–water partition coefficient (Wildman–Crippen LogP) is 6.34. The van der Waals surface area contributed by atoms with E-state index in [1.54, 1.807) is 28.4 Å². The molecule has 10 bridgehead atoms. The lowest BCUT2D eigenvalue weighted by molar-refractivity contribution is 0.319. The molecule has 232 valence electrons. The first-order chi connectivity index (χ1) is 22.0. The van der Waals surface area contributed by atoms with Crippen LogP contribution in [-0.4, -0.2) is 52.3 Å². The summed E-state index contributed by atoms with van der Waals surface area (Å²) in [6.45, 7) is 1.31. The van der Waals surface area contributed by atoms with Gasteiger partial charge in [0.15, 0.2) is 34.5 Å². The van der Waals surface area contributed by atoms with Crippen molar-refractivity contribution < 1.29 is 33.5 Å². The minimum Gasteiger partial charge on any atom is -0.504 e. The fraction of sp³-hybridized carbons (Fsp3) is 0.306. The SMILES string of the molecule is COc1ccc2cc1Oc1ccc(cc1)CC1=NCCc3c1cc(OC)c(OC)c3Oc1cc3c(c(O)c1OC)CCN[C@H]3C2. The van der Waals surface area contributed by atoms with Gasteiger partial charge in [0.05, 0.1) is 28.4 Å². The van der Waals surface area contributed by atoms with Gasteiger partial charge in [-0.1, -0.05) is 18.2 Å². The van der Waals surface area contributed by atoms with Crippen LogP contribution in [0.1, 0.15) is 39.4 Å². The third kappa shape index (κ3) is 5.17. The second-order valence-electron chi connectivity index (χ2n) is 11.3. The average molecular weight is 609 g/mol. The molecular weight excluding hydrogens is 572 g/mol. The highest BCUT2D eigenvalue weighted by Gasteiger charge is 2.31. The van der Waals surface area contributed by atoms with Crippen molar-refractivity contribution in [1.29, 1.82) is 0 Å². The number of aromatic hydroxyl groups is 1. The van der Waals surface area contributed by atoms with E-state index in [4.69, 9.17) is 33.4 Å². The highest BCUT2D eigenvalue weighted by atomic mass is 16.5. The normalized spacial score (nSPS) is 16.6. The van der Waals surface area contributed by atoms with Gasteiger partial charge in [-0.05, 0) is 78.9 Å². The van der Waals surface area contributed by atoms with Gasteiger partial charge in [0, 0.05) is 41.4 Å². The highest BCUT2D eigenvalue weighted by molar-refractivity contribution is 6.05. The number of fused-ring (bicyclic) bond motifs is 2. The molecule has 0 aromatic heterocycles. The molecule has 0 aliphatic carbocycles. The van der Waals surface area contributed by atoms with E-state index in [0.29, 0.717) is 79.0 Å². The molecule has 0 radical (unpaired) electrons. The predicted molar refractivity (Wildman–Crippen MR) is 171 cm³/mol. The van der Waals surface area contributed by atoms with Gasteiger partial charge in [-0.2, -0.15) is 0 Å². The second-order valence-corrected chi connectivity index (χ2v) is 11.3. The number of nitrogens with one attached hydrogen (secondary N) is 1. The molecule has 4 aliphatic rings. The van der Waals surface area contributed by atoms with E-state index in [1.807, 2.05) is 42.5 Å². The smallest absolute Gasteiger partial charge is 0.204 e. The van der Waals surface area contributed by atoms with E-state index in [-0.39, 0.29) is 17.5 Å². The Labute approximate surface area is 262 Å². The fourth-order valence-electron chi connectivity index (χ4n) is 6.62. The molecule has 45 heavy (non-hydrogen) atoms. The lowest BCUT2D eigenvalue weighted by Crippen LogP contribution is -2.31. The van der Waals surface area contributed by atoms with Gasteiger partial charge in [0.2, 0.25) is 11.5 Å². The summed E-state index contributed by atoms with van der Waals surface area (Å²) in [5, 5.41) is 15.2. The Hall–Kier alpha value is -4.89. The summed E-state index contributed by atoms with van der Waals surface area (Å²) in [5.74, 6) is 4.29. The van der Waals surface area contributed by atoms with Crippen LogP contribution in [0.5, 0.6) is 51.7 Å². The Morgan fingerprint density at radius 2 is 1.56 bits per heavy atom. The van der Waals surface area contributed by atoms with Crippen LogP contribution in [0.3, 0.4) is 0 Å². The molecule has 4 aromatic carbocycles.